The number of hydrogen-bond acceptors (Lipinski definition) is 4. The maximum absolute atomic E-state index is 5.29. The van der Waals surface area contributed by atoms with Gasteiger partial charge in [-0.25, -0.2) is 0 Å². The van der Waals surface area contributed by atoms with Crippen LogP contribution in [0.25, 0.3) is 0 Å². The fraction of sp³-hybridized carbons (Fsp3) is 0.286. The number of halogens is 1. The van der Waals surface area contributed by atoms with Crippen molar-refractivity contribution in [3.8, 4) is 11.5 Å². The Morgan fingerprint density at radius 1 is 1.16 bits per heavy atom. The van der Waals surface area contributed by atoms with Gasteiger partial charge in [-0.1, -0.05) is 15.9 Å². The molecule has 0 fully saturated rings. The van der Waals surface area contributed by atoms with Crippen LogP contribution >= 0.6 is 15.9 Å². The van der Waals surface area contributed by atoms with Gasteiger partial charge in [0.15, 0.2) is 11.5 Å². The lowest BCUT2D eigenvalue weighted by Crippen LogP contribution is -2.12. The van der Waals surface area contributed by atoms with Crippen molar-refractivity contribution in [3.63, 3.8) is 0 Å². The molecule has 0 saturated carbocycles. The molecule has 2 aromatic rings. The third kappa shape index (κ3) is 3.52. The van der Waals surface area contributed by atoms with E-state index in [-0.39, 0.29) is 0 Å². The summed E-state index contributed by atoms with van der Waals surface area (Å²) in [4.78, 5) is 0. The van der Waals surface area contributed by atoms with Crippen LogP contribution in [-0.4, -0.2) is 14.2 Å². The molecule has 1 aromatic heterocycles. The van der Waals surface area contributed by atoms with Crippen molar-refractivity contribution < 1.29 is 13.9 Å². The SMILES string of the molecule is COc1cc(Br)c(CNCc2ccco2)cc1OC. The van der Waals surface area contributed by atoms with Gasteiger partial charge in [0.05, 0.1) is 27.0 Å². The summed E-state index contributed by atoms with van der Waals surface area (Å²) in [5, 5.41) is 3.31. The summed E-state index contributed by atoms with van der Waals surface area (Å²) in [7, 11) is 3.25. The number of furan rings is 1. The third-order valence-corrected chi connectivity index (χ3v) is 3.49. The second-order valence-electron chi connectivity index (χ2n) is 3.98. The largest absolute Gasteiger partial charge is 0.493 e. The van der Waals surface area contributed by atoms with Gasteiger partial charge < -0.3 is 19.2 Å². The van der Waals surface area contributed by atoms with E-state index in [0.29, 0.717) is 18.8 Å². The molecular formula is C14H16BrNO3. The van der Waals surface area contributed by atoms with Crippen molar-refractivity contribution in [2.45, 2.75) is 13.1 Å². The summed E-state index contributed by atoms with van der Waals surface area (Å²) < 4.78 is 16.8. The topological polar surface area (TPSA) is 43.6 Å². The minimum absolute atomic E-state index is 0.688. The Bertz CT molecular complexity index is 526. The molecule has 1 aromatic carbocycles. The summed E-state index contributed by atoms with van der Waals surface area (Å²) in [6.45, 7) is 1.40. The highest BCUT2D eigenvalue weighted by Gasteiger charge is 2.09. The summed E-state index contributed by atoms with van der Waals surface area (Å²) in [6.07, 6.45) is 1.67. The smallest absolute Gasteiger partial charge is 0.161 e. The van der Waals surface area contributed by atoms with Gasteiger partial charge in [-0.15, -0.1) is 0 Å². The van der Waals surface area contributed by atoms with E-state index in [1.807, 2.05) is 24.3 Å². The third-order valence-electron chi connectivity index (χ3n) is 2.75. The molecule has 0 atom stereocenters. The van der Waals surface area contributed by atoms with Crippen LogP contribution in [0.5, 0.6) is 11.5 Å². The zero-order valence-corrected chi connectivity index (χ0v) is 12.5. The van der Waals surface area contributed by atoms with Crippen LogP contribution in [0.4, 0.5) is 0 Å². The summed E-state index contributed by atoms with van der Waals surface area (Å²) in [6, 6.07) is 7.68. The summed E-state index contributed by atoms with van der Waals surface area (Å²) in [5.41, 5.74) is 1.10. The molecule has 0 unspecified atom stereocenters. The number of benzene rings is 1. The zero-order chi connectivity index (χ0) is 13.7. The second kappa shape index (κ2) is 6.63. The first-order valence-electron chi connectivity index (χ1n) is 5.88. The molecule has 0 amide bonds. The lowest BCUT2D eigenvalue weighted by molar-refractivity contribution is 0.354. The van der Waals surface area contributed by atoms with Crippen LogP contribution in [-0.2, 0) is 13.1 Å². The van der Waals surface area contributed by atoms with E-state index in [9.17, 15) is 0 Å². The normalized spacial score (nSPS) is 10.5. The first-order chi connectivity index (χ1) is 9.24. The van der Waals surface area contributed by atoms with Crippen LogP contribution in [0.1, 0.15) is 11.3 Å². The Hall–Kier alpha value is -1.46. The Morgan fingerprint density at radius 3 is 2.53 bits per heavy atom. The van der Waals surface area contributed by atoms with E-state index in [0.717, 1.165) is 21.5 Å². The van der Waals surface area contributed by atoms with E-state index in [1.165, 1.54) is 0 Å². The predicted molar refractivity (Wildman–Crippen MR) is 76.5 cm³/mol. The summed E-state index contributed by atoms with van der Waals surface area (Å²) in [5.74, 6) is 2.35. The van der Waals surface area contributed by atoms with Crippen LogP contribution in [0.2, 0.25) is 0 Å². The minimum atomic E-state index is 0.688. The number of methoxy groups -OCH3 is 2. The van der Waals surface area contributed by atoms with E-state index in [2.05, 4.69) is 21.2 Å². The van der Waals surface area contributed by atoms with Crippen molar-refractivity contribution in [1.82, 2.24) is 5.32 Å². The first-order valence-corrected chi connectivity index (χ1v) is 6.67. The quantitative estimate of drug-likeness (QED) is 0.884. The molecule has 0 aliphatic heterocycles. The van der Waals surface area contributed by atoms with E-state index in [1.54, 1.807) is 20.5 Å². The molecule has 2 rings (SSSR count). The lowest BCUT2D eigenvalue weighted by Gasteiger charge is -2.12. The number of hydrogen-bond donors (Lipinski definition) is 1. The predicted octanol–water partition coefficient (Wildman–Crippen LogP) is 3.35. The van der Waals surface area contributed by atoms with Gasteiger partial charge in [0, 0.05) is 11.0 Å². The second-order valence-corrected chi connectivity index (χ2v) is 4.84. The van der Waals surface area contributed by atoms with Crippen molar-refractivity contribution in [2.75, 3.05) is 14.2 Å². The molecule has 19 heavy (non-hydrogen) atoms. The average Bonchev–Trinajstić information content (AvgIpc) is 2.93. The highest BCUT2D eigenvalue weighted by atomic mass is 79.9. The molecule has 1 N–H and O–H groups in total. The first kappa shape index (κ1) is 14.0. The van der Waals surface area contributed by atoms with Crippen molar-refractivity contribution in [3.05, 3.63) is 46.3 Å². The monoisotopic (exact) mass is 325 g/mol. The van der Waals surface area contributed by atoms with Gasteiger partial charge in [-0.05, 0) is 29.8 Å². The summed E-state index contributed by atoms with van der Waals surface area (Å²) >= 11 is 3.53. The van der Waals surface area contributed by atoms with Gasteiger partial charge in [-0.3, -0.25) is 0 Å². The molecule has 0 bridgehead atoms. The molecule has 0 radical (unpaired) electrons. The van der Waals surface area contributed by atoms with Crippen molar-refractivity contribution >= 4 is 15.9 Å². The Morgan fingerprint density at radius 2 is 1.89 bits per heavy atom. The Balaban J connectivity index is 2.03. The molecular weight excluding hydrogens is 310 g/mol. The minimum Gasteiger partial charge on any atom is -0.493 e. The fourth-order valence-electron chi connectivity index (χ4n) is 1.77. The Kier molecular flexibility index (Phi) is 4.87. The van der Waals surface area contributed by atoms with E-state index >= 15 is 0 Å². The number of rotatable bonds is 6. The molecule has 0 spiro atoms. The lowest BCUT2D eigenvalue weighted by atomic mass is 10.2. The van der Waals surface area contributed by atoms with Crippen molar-refractivity contribution in [1.29, 1.82) is 0 Å². The van der Waals surface area contributed by atoms with Crippen molar-refractivity contribution in [2.24, 2.45) is 0 Å². The molecule has 5 heteroatoms. The molecule has 4 nitrogen and oxygen atoms in total. The highest BCUT2D eigenvalue weighted by Crippen LogP contribution is 2.33. The molecule has 0 aliphatic rings. The van der Waals surface area contributed by atoms with Crippen LogP contribution in [0.15, 0.2) is 39.4 Å². The Labute approximate surface area is 120 Å². The van der Waals surface area contributed by atoms with Gasteiger partial charge in [0.2, 0.25) is 0 Å². The zero-order valence-electron chi connectivity index (χ0n) is 10.9. The molecule has 0 aliphatic carbocycles. The van der Waals surface area contributed by atoms with Gasteiger partial charge in [-0.2, -0.15) is 0 Å². The van der Waals surface area contributed by atoms with Crippen LogP contribution < -0.4 is 14.8 Å². The standard InChI is InChI=1S/C14H16BrNO3/c1-17-13-6-10(12(15)7-14(13)18-2)8-16-9-11-4-3-5-19-11/h3-7,16H,8-9H2,1-2H3. The van der Waals surface area contributed by atoms with Gasteiger partial charge in [0.25, 0.3) is 0 Å². The molecule has 0 saturated heterocycles. The number of nitrogens with one attached hydrogen (secondary N) is 1. The average molecular weight is 326 g/mol. The fourth-order valence-corrected chi connectivity index (χ4v) is 2.23. The van der Waals surface area contributed by atoms with Gasteiger partial charge >= 0.3 is 0 Å². The number of ether oxygens (including phenoxy) is 2. The maximum atomic E-state index is 5.29. The molecule has 1 heterocycles. The highest BCUT2D eigenvalue weighted by molar-refractivity contribution is 9.10. The van der Waals surface area contributed by atoms with Crippen LogP contribution in [0.3, 0.4) is 0 Å². The van der Waals surface area contributed by atoms with Gasteiger partial charge in [0.1, 0.15) is 5.76 Å². The maximum Gasteiger partial charge on any atom is 0.161 e. The van der Waals surface area contributed by atoms with E-state index < -0.39 is 0 Å². The van der Waals surface area contributed by atoms with E-state index in [4.69, 9.17) is 13.9 Å². The van der Waals surface area contributed by atoms with Crippen LogP contribution in [0, 0.1) is 0 Å². The molecule has 102 valence electrons.